The second-order valence-electron chi connectivity index (χ2n) is 5.13. The van der Waals surface area contributed by atoms with Crippen molar-refractivity contribution in [2.24, 2.45) is 0 Å². The van der Waals surface area contributed by atoms with Crippen molar-refractivity contribution < 1.29 is 9.59 Å². The maximum absolute atomic E-state index is 12.1. The Balaban J connectivity index is 1.74. The van der Waals surface area contributed by atoms with Crippen LogP contribution in [0.4, 0.5) is 0 Å². The molecule has 0 spiro atoms. The SMILES string of the molecule is CC(=O)N1CCN(C(=O)CSCc2ccc(Cl)c(Cl)c2)CC1. The first-order valence-electron chi connectivity index (χ1n) is 7.02. The van der Waals surface area contributed by atoms with Gasteiger partial charge in [0.1, 0.15) is 0 Å². The lowest BCUT2D eigenvalue weighted by Crippen LogP contribution is -2.50. The molecule has 7 heteroatoms. The summed E-state index contributed by atoms with van der Waals surface area (Å²) in [6.45, 7) is 4.04. The number of thioether (sulfide) groups is 1. The number of carbonyl (C=O) groups is 2. The number of nitrogens with zero attached hydrogens (tertiary/aromatic N) is 2. The monoisotopic (exact) mass is 360 g/mol. The summed E-state index contributed by atoms with van der Waals surface area (Å²) in [6, 6.07) is 5.51. The molecule has 1 aliphatic heterocycles. The van der Waals surface area contributed by atoms with Crippen molar-refractivity contribution in [2.75, 3.05) is 31.9 Å². The minimum absolute atomic E-state index is 0.0705. The van der Waals surface area contributed by atoms with E-state index in [0.717, 1.165) is 11.3 Å². The van der Waals surface area contributed by atoms with Crippen molar-refractivity contribution in [3.05, 3.63) is 33.8 Å². The Bertz CT molecular complexity index is 560. The van der Waals surface area contributed by atoms with Crippen LogP contribution in [0.1, 0.15) is 12.5 Å². The van der Waals surface area contributed by atoms with Gasteiger partial charge in [0, 0.05) is 38.9 Å². The number of piperazine rings is 1. The quantitative estimate of drug-likeness (QED) is 0.828. The summed E-state index contributed by atoms with van der Waals surface area (Å²) >= 11 is 13.4. The van der Waals surface area contributed by atoms with Crippen LogP contribution in [0, 0.1) is 0 Å². The topological polar surface area (TPSA) is 40.6 Å². The molecule has 2 rings (SSSR count). The van der Waals surface area contributed by atoms with Crippen LogP contribution in [0.25, 0.3) is 0 Å². The second kappa shape index (κ2) is 8.09. The standard InChI is InChI=1S/C15H18Cl2N2O2S/c1-11(20)18-4-6-19(7-5-18)15(21)10-22-9-12-2-3-13(16)14(17)8-12/h2-3,8H,4-7,9-10H2,1H3. The molecule has 1 aromatic rings. The van der Waals surface area contributed by atoms with Gasteiger partial charge in [-0.2, -0.15) is 0 Å². The molecule has 0 N–H and O–H groups in total. The average molecular weight is 361 g/mol. The lowest BCUT2D eigenvalue weighted by atomic mass is 10.2. The third kappa shape index (κ3) is 4.80. The fourth-order valence-electron chi connectivity index (χ4n) is 2.25. The van der Waals surface area contributed by atoms with Crippen LogP contribution >= 0.6 is 35.0 Å². The van der Waals surface area contributed by atoms with Crippen molar-refractivity contribution in [1.29, 1.82) is 0 Å². The Hall–Kier alpha value is -0.910. The number of hydrogen-bond donors (Lipinski definition) is 0. The van der Waals surface area contributed by atoms with Gasteiger partial charge in [0.2, 0.25) is 11.8 Å². The van der Waals surface area contributed by atoms with Gasteiger partial charge in [0.25, 0.3) is 0 Å². The third-order valence-corrected chi connectivity index (χ3v) is 5.28. The molecule has 0 radical (unpaired) electrons. The van der Waals surface area contributed by atoms with Crippen molar-refractivity contribution >= 4 is 46.8 Å². The number of carbonyl (C=O) groups excluding carboxylic acids is 2. The molecule has 4 nitrogen and oxygen atoms in total. The van der Waals surface area contributed by atoms with Crippen LogP contribution in [-0.2, 0) is 15.3 Å². The minimum Gasteiger partial charge on any atom is -0.339 e. The Labute approximate surface area is 144 Å². The molecule has 1 aliphatic rings. The lowest BCUT2D eigenvalue weighted by Gasteiger charge is -2.34. The average Bonchev–Trinajstić information content (AvgIpc) is 2.51. The molecule has 1 saturated heterocycles. The molecule has 1 fully saturated rings. The summed E-state index contributed by atoms with van der Waals surface area (Å²) in [5.41, 5.74) is 1.05. The second-order valence-corrected chi connectivity index (χ2v) is 6.93. The van der Waals surface area contributed by atoms with E-state index in [1.165, 1.54) is 0 Å². The molecule has 0 bridgehead atoms. The van der Waals surface area contributed by atoms with E-state index in [9.17, 15) is 9.59 Å². The van der Waals surface area contributed by atoms with Gasteiger partial charge in [0.05, 0.1) is 15.8 Å². The van der Waals surface area contributed by atoms with E-state index in [0.29, 0.717) is 42.0 Å². The molecule has 120 valence electrons. The predicted molar refractivity (Wildman–Crippen MR) is 91.5 cm³/mol. The smallest absolute Gasteiger partial charge is 0.232 e. The molecule has 0 saturated carbocycles. The van der Waals surface area contributed by atoms with E-state index < -0.39 is 0 Å². The van der Waals surface area contributed by atoms with E-state index in [4.69, 9.17) is 23.2 Å². The summed E-state index contributed by atoms with van der Waals surface area (Å²) in [6.07, 6.45) is 0. The summed E-state index contributed by atoms with van der Waals surface area (Å²) in [7, 11) is 0. The van der Waals surface area contributed by atoms with Gasteiger partial charge < -0.3 is 9.80 Å². The molecule has 1 aromatic carbocycles. The zero-order chi connectivity index (χ0) is 16.1. The molecule has 2 amide bonds. The highest BCUT2D eigenvalue weighted by molar-refractivity contribution is 7.99. The first-order valence-corrected chi connectivity index (χ1v) is 8.93. The van der Waals surface area contributed by atoms with Gasteiger partial charge in [-0.1, -0.05) is 29.3 Å². The highest BCUT2D eigenvalue weighted by Gasteiger charge is 2.21. The number of rotatable bonds is 4. The van der Waals surface area contributed by atoms with Gasteiger partial charge in [0.15, 0.2) is 0 Å². The highest BCUT2D eigenvalue weighted by atomic mass is 35.5. The lowest BCUT2D eigenvalue weighted by molar-refractivity contribution is -0.136. The van der Waals surface area contributed by atoms with Crippen molar-refractivity contribution in [2.45, 2.75) is 12.7 Å². The minimum atomic E-state index is 0.0705. The molecule has 1 heterocycles. The van der Waals surface area contributed by atoms with E-state index in [1.54, 1.807) is 29.7 Å². The molecule has 22 heavy (non-hydrogen) atoms. The summed E-state index contributed by atoms with van der Waals surface area (Å²) in [4.78, 5) is 27.0. The molecule has 0 unspecified atom stereocenters. The first kappa shape index (κ1) is 17.4. The van der Waals surface area contributed by atoms with E-state index in [2.05, 4.69) is 0 Å². The third-order valence-electron chi connectivity index (χ3n) is 3.56. The Morgan fingerprint density at radius 1 is 1.09 bits per heavy atom. The maximum atomic E-state index is 12.1. The van der Waals surface area contributed by atoms with Gasteiger partial charge in [-0.25, -0.2) is 0 Å². The normalized spacial score (nSPS) is 15.0. The van der Waals surface area contributed by atoms with Crippen molar-refractivity contribution in [3.8, 4) is 0 Å². The van der Waals surface area contributed by atoms with Crippen molar-refractivity contribution in [1.82, 2.24) is 9.80 Å². The Morgan fingerprint density at radius 3 is 2.32 bits per heavy atom. The highest BCUT2D eigenvalue weighted by Crippen LogP contribution is 2.24. The van der Waals surface area contributed by atoms with Crippen LogP contribution in [0.15, 0.2) is 18.2 Å². The Morgan fingerprint density at radius 2 is 1.73 bits per heavy atom. The molecular weight excluding hydrogens is 343 g/mol. The predicted octanol–water partition coefficient (Wildman–Crippen LogP) is 2.92. The Kier molecular flexibility index (Phi) is 6.41. The van der Waals surface area contributed by atoms with Crippen LogP contribution in [0.3, 0.4) is 0 Å². The zero-order valence-electron chi connectivity index (χ0n) is 12.3. The summed E-state index contributed by atoms with van der Waals surface area (Å²) in [5, 5.41) is 1.07. The fraction of sp³-hybridized carbons (Fsp3) is 0.467. The molecule has 0 atom stereocenters. The van der Waals surface area contributed by atoms with Gasteiger partial charge in [-0.3, -0.25) is 9.59 Å². The molecule has 0 aromatic heterocycles. The fourth-order valence-corrected chi connectivity index (χ4v) is 3.44. The van der Waals surface area contributed by atoms with E-state index >= 15 is 0 Å². The largest absolute Gasteiger partial charge is 0.339 e. The van der Waals surface area contributed by atoms with E-state index in [1.807, 2.05) is 17.0 Å². The number of hydrogen-bond acceptors (Lipinski definition) is 3. The number of halogens is 2. The number of benzene rings is 1. The molecule has 0 aliphatic carbocycles. The maximum Gasteiger partial charge on any atom is 0.232 e. The van der Waals surface area contributed by atoms with Gasteiger partial charge in [-0.15, -0.1) is 11.8 Å². The van der Waals surface area contributed by atoms with Gasteiger partial charge >= 0.3 is 0 Å². The van der Waals surface area contributed by atoms with Crippen LogP contribution in [0.2, 0.25) is 10.0 Å². The number of amides is 2. The van der Waals surface area contributed by atoms with Crippen LogP contribution in [0.5, 0.6) is 0 Å². The summed E-state index contributed by atoms with van der Waals surface area (Å²) < 4.78 is 0. The zero-order valence-corrected chi connectivity index (χ0v) is 14.7. The van der Waals surface area contributed by atoms with E-state index in [-0.39, 0.29) is 11.8 Å². The van der Waals surface area contributed by atoms with Gasteiger partial charge in [-0.05, 0) is 17.7 Å². The van der Waals surface area contributed by atoms with Crippen LogP contribution in [-0.4, -0.2) is 53.5 Å². The van der Waals surface area contributed by atoms with Crippen molar-refractivity contribution in [3.63, 3.8) is 0 Å². The van der Waals surface area contributed by atoms with Crippen LogP contribution < -0.4 is 0 Å². The first-order chi connectivity index (χ1) is 10.5. The molecular formula is C15H18Cl2N2O2S. The summed E-state index contributed by atoms with van der Waals surface area (Å²) in [5.74, 6) is 1.34.